The second-order valence-electron chi connectivity index (χ2n) is 8.03. The fourth-order valence-electron chi connectivity index (χ4n) is 4.18. The van der Waals surface area contributed by atoms with Gasteiger partial charge in [-0.05, 0) is 65.0 Å². The van der Waals surface area contributed by atoms with Crippen LogP contribution in [0.3, 0.4) is 0 Å². The third kappa shape index (κ3) is 5.02. The Bertz CT molecular complexity index is 879. The Kier molecular flexibility index (Phi) is 7.02. The summed E-state index contributed by atoms with van der Waals surface area (Å²) in [6.07, 6.45) is 3.78. The van der Waals surface area contributed by atoms with Gasteiger partial charge in [-0.3, -0.25) is 4.79 Å². The van der Waals surface area contributed by atoms with Crippen molar-refractivity contribution in [2.75, 3.05) is 43.0 Å². The Morgan fingerprint density at radius 3 is 2.83 bits per heavy atom. The molecule has 3 heterocycles. The van der Waals surface area contributed by atoms with Crippen LogP contribution in [0.25, 0.3) is 0 Å². The van der Waals surface area contributed by atoms with Gasteiger partial charge in [0, 0.05) is 32.1 Å². The Labute approximate surface area is 186 Å². The number of ether oxygens (including phenoxy) is 1. The zero-order valence-electron chi connectivity index (χ0n) is 17.4. The number of carbonyl (C=O) groups excluding carboxylic acids is 1. The van der Waals surface area contributed by atoms with E-state index in [0.717, 1.165) is 44.2 Å². The molecule has 2 unspecified atom stereocenters. The van der Waals surface area contributed by atoms with E-state index in [4.69, 9.17) is 4.74 Å². The number of morpholine rings is 1. The van der Waals surface area contributed by atoms with E-state index in [1.54, 1.807) is 6.07 Å². The van der Waals surface area contributed by atoms with Crippen LogP contribution in [-0.4, -0.2) is 49.8 Å². The lowest BCUT2D eigenvalue weighted by molar-refractivity contribution is 0.0146. The van der Waals surface area contributed by atoms with Crippen molar-refractivity contribution in [3.8, 4) is 0 Å². The molecule has 1 aromatic heterocycles. The quantitative estimate of drug-likeness (QED) is 0.638. The number of piperidine rings is 1. The summed E-state index contributed by atoms with van der Waals surface area (Å²) in [4.78, 5) is 19.5. The van der Waals surface area contributed by atoms with Crippen molar-refractivity contribution in [1.29, 1.82) is 0 Å². The number of anilines is 2. The fourth-order valence-corrected chi connectivity index (χ4v) is 4.52. The standard InChI is InChI=1S/C23H29BrN4O2/c1-16(21-15-25-10-13-30-21)17-8-9-18(20(14-17)28-11-3-2-4-12-28)27-23(29)19-6-5-7-22(24)26-19/h5-9,14,16,21,25H,2-4,10-13,15H2,1H3,(H,27,29). The lowest BCUT2D eigenvalue weighted by Crippen LogP contribution is -2.41. The van der Waals surface area contributed by atoms with Crippen LogP contribution >= 0.6 is 15.9 Å². The molecule has 2 N–H and O–H groups in total. The zero-order chi connectivity index (χ0) is 20.9. The first-order chi connectivity index (χ1) is 14.6. The van der Waals surface area contributed by atoms with Gasteiger partial charge in [-0.2, -0.15) is 0 Å². The van der Waals surface area contributed by atoms with Crippen molar-refractivity contribution < 1.29 is 9.53 Å². The molecule has 1 aromatic carbocycles. The van der Waals surface area contributed by atoms with E-state index in [0.29, 0.717) is 10.3 Å². The minimum atomic E-state index is -0.199. The number of nitrogens with one attached hydrogen (secondary N) is 2. The molecule has 0 aliphatic carbocycles. The van der Waals surface area contributed by atoms with Crippen LogP contribution in [0.15, 0.2) is 41.0 Å². The second-order valence-corrected chi connectivity index (χ2v) is 8.84. The molecule has 0 spiro atoms. The largest absolute Gasteiger partial charge is 0.375 e. The van der Waals surface area contributed by atoms with Gasteiger partial charge >= 0.3 is 0 Å². The van der Waals surface area contributed by atoms with Crippen LogP contribution in [0.5, 0.6) is 0 Å². The summed E-state index contributed by atoms with van der Waals surface area (Å²) in [6.45, 7) is 6.77. The molecule has 2 fully saturated rings. The van der Waals surface area contributed by atoms with Gasteiger partial charge in [-0.15, -0.1) is 0 Å². The first-order valence-electron chi connectivity index (χ1n) is 10.8. The Morgan fingerprint density at radius 1 is 1.27 bits per heavy atom. The highest BCUT2D eigenvalue weighted by Crippen LogP contribution is 2.34. The van der Waals surface area contributed by atoms with E-state index in [2.05, 4.69) is 55.5 Å². The predicted molar refractivity (Wildman–Crippen MR) is 123 cm³/mol. The summed E-state index contributed by atoms with van der Waals surface area (Å²) in [5, 5.41) is 6.51. The van der Waals surface area contributed by atoms with Gasteiger partial charge in [0.25, 0.3) is 5.91 Å². The lowest BCUT2D eigenvalue weighted by atomic mass is 9.93. The third-order valence-electron chi connectivity index (χ3n) is 5.95. The zero-order valence-corrected chi connectivity index (χ0v) is 19.0. The molecule has 2 aliphatic rings. The number of carbonyl (C=O) groups is 1. The number of benzene rings is 1. The Hall–Kier alpha value is -1.96. The molecule has 0 bridgehead atoms. The maximum Gasteiger partial charge on any atom is 0.274 e. The molecule has 4 rings (SSSR count). The number of halogens is 1. The van der Waals surface area contributed by atoms with E-state index in [1.807, 2.05) is 18.2 Å². The maximum absolute atomic E-state index is 12.8. The number of nitrogens with zero attached hydrogens (tertiary/aromatic N) is 2. The molecule has 7 heteroatoms. The summed E-state index contributed by atoms with van der Waals surface area (Å²) in [5.74, 6) is 0.0769. The molecule has 160 valence electrons. The van der Waals surface area contributed by atoms with Gasteiger partial charge in [-0.25, -0.2) is 4.98 Å². The second kappa shape index (κ2) is 9.90. The first kappa shape index (κ1) is 21.3. The van der Waals surface area contributed by atoms with Crippen LogP contribution in [0.1, 0.15) is 48.2 Å². The summed E-state index contributed by atoms with van der Waals surface area (Å²) in [5.41, 5.74) is 3.56. The number of aromatic nitrogens is 1. The van der Waals surface area contributed by atoms with Crippen LogP contribution in [0.2, 0.25) is 0 Å². The minimum Gasteiger partial charge on any atom is -0.375 e. The molecule has 1 amide bonds. The number of pyridine rings is 1. The molecular weight excluding hydrogens is 444 g/mol. The molecular formula is C23H29BrN4O2. The smallest absolute Gasteiger partial charge is 0.274 e. The van der Waals surface area contributed by atoms with Gasteiger partial charge in [0.2, 0.25) is 0 Å². The molecule has 30 heavy (non-hydrogen) atoms. The van der Waals surface area contributed by atoms with E-state index in [-0.39, 0.29) is 17.9 Å². The molecule has 0 saturated carbocycles. The molecule has 2 atom stereocenters. The van der Waals surface area contributed by atoms with Gasteiger partial charge in [0.15, 0.2) is 0 Å². The van der Waals surface area contributed by atoms with Gasteiger partial charge in [0.05, 0.1) is 24.1 Å². The summed E-state index contributed by atoms with van der Waals surface area (Å²) < 4.78 is 6.63. The van der Waals surface area contributed by atoms with Crippen LogP contribution in [-0.2, 0) is 4.74 Å². The van der Waals surface area contributed by atoms with E-state index < -0.39 is 0 Å². The van der Waals surface area contributed by atoms with Crippen molar-refractivity contribution >= 4 is 33.2 Å². The maximum atomic E-state index is 12.8. The average molecular weight is 473 g/mol. The Balaban J connectivity index is 1.60. The van der Waals surface area contributed by atoms with Gasteiger partial charge in [-0.1, -0.05) is 19.1 Å². The normalized spacial score (nSPS) is 20.6. The van der Waals surface area contributed by atoms with Gasteiger partial charge < -0.3 is 20.3 Å². The van der Waals surface area contributed by atoms with Gasteiger partial charge in [0.1, 0.15) is 10.3 Å². The number of rotatable bonds is 5. The first-order valence-corrected chi connectivity index (χ1v) is 11.6. The van der Waals surface area contributed by atoms with Crippen LogP contribution in [0, 0.1) is 0 Å². The summed E-state index contributed by atoms with van der Waals surface area (Å²) in [7, 11) is 0. The molecule has 2 saturated heterocycles. The third-order valence-corrected chi connectivity index (χ3v) is 6.40. The number of hydrogen-bond acceptors (Lipinski definition) is 5. The topological polar surface area (TPSA) is 66.5 Å². The van der Waals surface area contributed by atoms with Crippen molar-refractivity contribution in [2.24, 2.45) is 0 Å². The molecule has 0 radical (unpaired) electrons. The average Bonchev–Trinajstić information content (AvgIpc) is 2.80. The van der Waals surface area contributed by atoms with Crippen LogP contribution in [0.4, 0.5) is 11.4 Å². The van der Waals surface area contributed by atoms with Crippen molar-refractivity contribution in [3.05, 3.63) is 52.3 Å². The lowest BCUT2D eigenvalue weighted by Gasteiger charge is -2.33. The van der Waals surface area contributed by atoms with Crippen molar-refractivity contribution in [2.45, 2.75) is 38.2 Å². The molecule has 6 nitrogen and oxygen atoms in total. The van der Waals surface area contributed by atoms with Crippen molar-refractivity contribution in [1.82, 2.24) is 10.3 Å². The Morgan fingerprint density at radius 2 is 2.10 bits per heavy atom. The van der Waals surface area contributed by atoms with E-state index in [9.17, 15) is 4.79 Å². The molecule has 2 aliphatic heterocycles. The number of hydrogen-bond donors (Lipinski definition) is 2. The monoisotopic (exact) mass is 472 g/mol. The summed E-state index contributed by atoms with van der Waals surface area (Å²) >= 11 is 3.34. The highest BCUT2D eigenvalue weighted by molar-refractivity contribution is 9.10. The highest BCUT2D eigenvalue weighted by Gasteiger charge is 2.24. The van der Waals surface area contributed by atoms with E-state index in [1.165, 1.54) is 24.8 Å². The van der Waals surface area contributed by atoms with Crippen LogP contribution < -0.4 is 15.5 Å². The minimum absolute atomic E-state index is 0.166. The predicted octanol–water partition coefficient (Wildman–Crippen LogP) is 4.18. The summed E-state index contributed by atoms with van der Waals surface area (Å²) in [6, 6.07) is 11.7. The SMILES string of the molecule is CC(c1ccc(NC(=O)c2cccc(Br)n2)c(N2CCCCC2)c1)C1CNCCO1. The van der Waals surface area contributed by atoms with Crippen molar-refractivity contribution in [3.63, 3.8) is 0 Å². The highest BCUT2D eigenvalue weighted by atomic mass is 79.9. The fraction of sp³-hybridized carbons (Fsp3) is 0.478. The molecule has 2 aromatic rings. The number of amides is 1. The van der Waals surface area contributed by atoms with E-state index >= 15 is 0 Å².